The first-order valence-electron chi connectivity index (χ1n) is 9.31. The van der Waals surface area contributed by atoms with E-state index in [-0.39, 0.29) is 30.9 Å². The molecule has 3 N–H and O–H groups in total. The molecule has 0 aromatic heterocycles. The third-order valence-electron chi connectivity index (χ3n) is 3.89. The molecule has 0 radical (unpaired) electrons. The van der Waals surface area contributed by atoms with Gasteiger partial charge >= 0.3 is 0 Å². The summed E-state index contributed by atoms with van der Waals surface area (Å²) in [5.74, 6) is 1.51. The van der Waals surface area contributed by atoms with E-state index in [9.17, 15) is 5.11 Å². The number of para-hydroxylation sites is 1. The summed E-state index contributed by atoms with van der Waals surface area (Å²) < 4.78 is 11.8. The van der Waals surface area contributed by atoms with Gasteiger partial charge in [-0.15, -0.1) is 24.8 Å². The van der Waals surface area contributed by atoms with Crippen LogP contribution >= 0.6 is 36.4 Å². The summed E-state index contributed by atoms with van der Waals surface area (Å²) in [5, 5.41) is 16.5. The van der Waals surface area contributed by atoms with Crippen LogP contribution < -0.4 is 20.1 Å². The van der Waals surface area contributed by atoms with Crippen molar-refractivity contribution in [1.82, 2.24) is 10.6 Å². The van der Waals surface area contributed by atoms with Crippen LogP contribution in [0.3, 0.4) is 0 Å². The fourth-order valence-electron chi connectivity index (χ4n) is 2.58. The summed E-state index contributed by atoms with van der Waals surface area (Å²) in [7, 11) is 0. The quantitative estimate of drug-likeness (QED) is 0.410. The molecule has 0 saturated carbocycles. The zero-order valence-electron chi connectivity index (χ0n) is 16.8. The molecular weight excluding hydrogens is 435 g/mol. The van der Waals surface area contributed by atoms with Crippen molar-refractivity contribution in [2.24, 2.45) is 0 Å². The molecule has 1 unspecified atom stereocenters. The zero-order valence-corrected chi connectivity index (χ0v) is 19.2. The van der Waals surface area contributed by atoms with Gasteiger partial charge in [0.15, 0.2) is 11.5 Å². The molecule has 164 valence electrons. The summed E-state index contributed by atoms with van der Waals surface area (Å²) >= 11 is 5.94. The zero-order chi connectivity index (χ0) is 19.5. The number of hydrogen-bond acceptors (Lipinski definition) is 5. The van der Waals surface area contributed by atoms with Crippen molar-refractivity contribution in [3.63, 3.8) is 0 Å². The summed E-state index contributed by atoms with van der Waals surface area (Å²) in [6.07, 6.45) is -0.333. The van der Waals surface area contributed by atoms with Gasteiger partial charge in [0.25, 0.3) is 0 Å². The van der Waals surface area contributed by atoms with Crippen LogP contribution in [0.5, 0.6) is 11.5 Å². The third-order valence-corrected chi connectivity index (χ3v) is 4.14. The average Bonchev–Trinajstić information content (AvgIpc) is 2.65. The molecule has 2 rings (SSSR count). The first-order valence-corrected chi connectivity index (χ1v) is 9.69. The van der Waals surface area contributed by atoms with Crippen LogP contribution in [0.25, 0.3) is 0 Å². The number of ether oxygens (including phenoxy) is 2. The first-order chi connectivity index (χ1) is 13.1. The lowest BCUT2D eigenvalue weighted by Gasteiger charge is -2.17. The largest absolute Gasteiger partial charge is 0.490 e. The van der Waals surface area contributed by atoms with Crippen LogP contribution in [-0.4, -0.2) is 37.5 Å². The lowest BCUT2D eigenvalue weighted by atomic mass is 10.1. The Labute approximate surface area is 191 Å². The smallest absolute Gasteiger partial charge is 0.166 e. The summed E-state index contributed by atoms with van der Waals surface area (Å²) in [6.45, 7) is 7.61. The lowest BCUT2D eigenvalue weighted by molar-refractivity contribution is 0.191. The summed E-state index contributed by atoms with van der Waals surface area (Å²) in [6, 6.07) is 13.6. The van der Waals surface area contributed by atoms with Gasteiger partial charge in [-0.25, -0.2) is 0 Å². The minimum Gasteiger partial charge on any atom is -0.490 e. The number of rotatable bonds is 12. The molecule has 0 saturated heterocycles. The van der Waals surface area contributed by atoms with Crippen molar-refractivity contribution in [2.75, 3.05) is 26.2 Å². The van der Waals surface area contributed by atoms with E-state index in [1.807, 2.05) is 49.4 Å². The molecule has 5 nitrogen and oxygen atoms in total. The number of nitrogens with one attached hydrogen (secondary N) is 2. The van der Waals surface area contributed by atoms with Crippen LogP contribution in [0.4, 0.5) is 0 Å². The molecule has 0 spiro atoms. The second-order valence-corrected chi connectivity index (χ2v) is 6.76. The van der Waals surface area contributed by atoms with Gasteiger partial charge < -0.3 is 25.2 Å². The minimum absolute atomic E-state index is 0. The van der Waals surface area contributed by atoms with Crippen LogP contribution in [-0.2, 0) is 13.2 Å². The highest BCUT2D eigenvalue weighted by atomic mass is 35.5. The van der Waals surface area contributed by atoms with E-state index in [4.69, 9.17) is 21.1 Å². The Morgan fingerprint density at radius 1 is 1.00 bits per heavy atom. The minimum atomic E-state index is -0.333. The molecule has 2 aromatic carbocycles. The van der Waals surface area contributed by atoms with Crippen molar-refractivity contribution in [2.45, 2.75) is 33.1 Å². The number of hydrogen-bond donors (Lipinski definition) is 3. The van der Waals surface area contributed by atoms with Crippen molar-refractivity contribution in [3.8, 4) is 11.5 Å². The predicted octanol–water partition coefficient (Wildman–Crippen LogP) is 4.22. The van der Waals surface area contributed by atoms with Crippen molar-refractivity contribution >= 4 is 36.4 Å². The number of halogens is 3. The second-order valence-electron chi connectivity index (χ2n) is 6.32. The van der Waals surface area contributed by atoms with Crippen LogP contribution in [0, 0.1) is 0 Å². The van der Waals surface area contributed by atoms with Gasteiger partial charge in [-0.3, -0.25) is 0 Å². The molecule has 0 aliphatic rings. The van der Waals surface area contributed by atoms with Gasteiger partial charge in [-0.2, -0.15) is 0 Å². The molecule has 0 amide bonds. The van der Waals surface area contributed by atoms with Crippen molar-refractivity contribution in [3.05, 3.63) is 58.6 Å². The topological polar surface area (TPSA) is 62.8 Å². The Bertz CT molecular complexity index is 685. The van der Waals surface area contributed by atoms with E-state index in [0.717, 1.165) is 35.7 Å². The molecule has 29 heavy (non-hydrogen) atoms. The first kappa shape index (κ1) is 27.8. The maximum atomic E-state index is 9.25. The molecule has 2 aromatic rings. The van der Waals surface area contributed by atoms with E-state index in [0.29, 0.717) is 31.3 Å². The van der Waals surface area contributed by atoms with Crippen molar-refractivity contribution in [1.29, 1.82) is 0 Å². The van der Waals surface area contributed by atoms with Crippen LogP contribution in [0.1, 0.15) is 25.0 Å². The van der Waals surface area contributed by atoms with Gasteiger partial charge in [-0.05, 0) is 37.6 Å². The van der Waals surface area contributed by atoms with Gasteiger partial charge in [0.1, 0.15) is 6.61 Å². The number of aliphatic hydroxyl groups excluding tert-OH is 1. The van der Waals surface area contributed by atoms with E-state index in [1.54, 1.807) is 6.92 Å². The molecular formula is C21H31Cl3N2O3. The second kappa shape index (κ2) is 15.6. The van der Waals surface area contributed by atoms with Gasteiger partial charge in [0.2, 0.25) is 0 Å². The normalized spacial score (nSPS) is 11.2. The Hall–Kier alpha value is -1.21. The Morgan fingerprint density at radius 3 is 2.34 bits per heavy atom. The third kappa shape index (κ3) is 10.4. The highest BCUT2D eigenvalue weighted by Crippen LogP contribution is 2.32. The number of aliphatic hydroxyl groups is 1. The molecule has 0 aliphatic heterocycles. The monoisotopic (exact) mass is 464 g/mol. The molecule has 0 fully saturated rings. The maximum absolute atomic E-state index is 9.25. The van der Waals surface area contributed by atoms with Gasteiger partial charge in [-0.1, -0.05) is 35.9 Å². The molecule has 8 heteroatoms. The lowest BCUT2D eigenvalue weighted by Crippen LogP contribution is -2.31. The van der Waals surface area contributed by atoms with E-state index < -0.39 is 0 Å². The van der Waals surface area contributed by atoms with Crippen molar-refractivity contribution < 1.29 is 14.6 Å². The predicted molar refractivity (Wildman–Crippen MR) is 124 cm³/mol. The highest BCUT2D eigenvalue weighted by molar-refractivity contribution is 6.30. The van der Waals surface area contributed by atoms with E-state index in [1.165, 1.54) is 0 Å². The van der Waals surface area contributed by atoms with E-state index >= 15 is 0 Å². The summed E-state index contributed by atoms with van der Waals surface area (Å²) in [5.41, 5.74) is 2.09. The average molecular weight is 466 g/mol. The molecule has 0 aliphatic carbocycles. The van der Waals surface area contributed by atoms with Crippen LogP contribution in [0.15, 0.2) is 42.5 Å². The number of benzene rings is 2. The van der Waals surface area contributed by atoms with E-state index in [2.05, 4.69) is 10.6 Å². The highest BCUT2D eigenvalue weighted by Gasteiger charge is 2.11. The molecule has 0 bridgehead atoms. The Balaban J connectivity index is 0.00000392. The van der Waals surface area contributed by atoms with Gasteiger partial charge in [0, 0.05) is 36.8 Å². The standard InChI is InChI=1S/C21H29ClN2O3.2ClH/c1-3-26-20-6-4-5-18(14-24-12-11-23-13-16(2)25)21(20)27-15-17-7-9-19(22)10-8-17;;/h4-10,16,23-25H,3,11-15H2,1-2H3;2*1H. The molecule has 0 heterocycles. The summed E-state index contributed by atoms with van der Waals surface area (Å²) in [4.78, 5) is 0. The maximum Gasteiger partial charge on any atom is 0.166 e. The Kier molecular flexibility index (Phi) is 15.0. The fourth-order valence-corrected chi connectivity index (χ4v) is 2.71. The molecule has 1 atom stereocenters. The SMILES string of the molecule is CCOc1cccc(CNCCNCC(C)O)c1OCc1ccc(Cl)cc1.Cl.Cl. The van der Waals surface area contributed by atoms with Gasteiger partial charge in [0.05, 0.1) is 12.7 Å². The van der Waals surface area contributed by atoms with Crippen LogP contribution in [0.2, 0.25) is 5.02 Å². The fraction of sp³-hybridized carbons (Fsp3) is 0.429. The Morgan fingerprint density at radius 2 is 1.69 bits per heavy atom.